The van der Waals surface area contributed by atoms with E-state index < -0.39 is 5.97 Å². The average Bonchev–Trinajstić information content (AvgIpc) is 2.79. The van der Waals surface area contributed by atoms with Crippen LogP contribution in [0.2, 0.25) is 0 Å². The van der Waals surface area contributed by atoms with Crippen LogP contribution in [0.5, 0.6) is 11.5 Å². The molecular formula is C25H33NO6. The number of hydrogen-bond donors (Lipinski definition) is 1. The van der Waals surface area contributed by atoms with Gasteiger partial charge in [-0.05, 0) is 32.3 Å². The minimum atomic E-state index is -0.497. The number of carbonyl (C=O) groups is 2. The Morgan fingerprint density at radius 2 is 1.53 bits per heavy atom. The van der Waals surface area contributed by atoms with Gasteiger partial charge in [0, 0.05) is 18.6 Å². The van der Waals surface area contributed by atoms with Crippen LogP contribution in [0.1, 0.15) is 61.9 Å². The summed E-state index contributed by atoms with van der Waals surface area (Å²) < 4.78 is 21.9. The predicted octanol–water partition coefficient (Wildman–Crippen LogP) is 4.92. The highest BCUT2D eigenvalue weighted by Gasteiger charge is 2.17. The van der Waals surface area contributed by atoms with Crippen LogP contribution in [-0.2, 0) is 20.9 Å². The van der Waals surface area contributed by atoms with Gasteiger partial charge in [0.25, 0.3) is 0 Å². The molecule has 0 spiro atoms. The molecule has 0 aliphatic heterocycles. The van der Waals surface area contributed by atoms with Crippen molar-refractivity contribution < 1.29 is 28.5 Å². The molecule has 7 heteroatoms. The van der Waals surface area contributed by atoms with Crippen molar-refractivity contribution in [3.63, 3.8) is 0 Å². The molecule has 0 saturated carbocycles. The SMILES string of the molecule is CCOC(=O)CCCCCCOc1cc(C(=O)OCC)c(N)cc1OCc1ccccc1. The lowest BCUT2D eigenvalue weighted by Crippen LogP contribution is -2.10. The van der Waals surface area contributed by atoms with E-state index in [1.807, 2.05) is 30.3 Å². The number of nitrogens with two attached hydrogens (primary N) is 1. The second-order valence-electron chi connectivity index (χ2n) is 7.20. The number of nitrogen functional groups attached to an aromatic ring is 1. The van der Waals surface area contributed by atoms with Crippen molar-refractivity contribution in [1.29, 1.82) is 0 Å². The largest absolute Gasteiger partial charge is 0.490 e. The summed E-state index contributed by atoms with van der Waals surface area (Å²) in [4.78, 5) is 23.6. The second kappa shape index (κ2) is 14.0. The fraction of sp³-hybridized carbons (Fsp3) is 0.440. The lowest BCUT2D eigenvalue weighted by molar-refractivity contribution is -0.143. The summed E-state index contributed by atoms with van der Waals surface area (Å²) in [5.41, 5.74) is 7.61. The lowest BCUT2D eigenvalue weighted by atomic mass is 10.1. The van der Waals surface area contributed by atoms with Gasteiger partial charge in [0.05, 0.1) is 31.1 Å². The molecule has 0 aliphatic rings. The van der Waals surface area contributed by atoms with Crippen molar-refractivity contribution in [2.45, 2.75) is 52.6 Å². The number of esters is 2. The molecule has 0 atom stereocenters. The molecule has 0 bridgehead atoms. The summed E-state index contributed by atoms with van der Waals surface area (Å²) >= 11 is 0. The standard InChI is InChI=1S/C25H33NO6/c1-3-29-24(27)14-10-5-6-11-15-31-22-16-20(25(28)30-4-2)21(26)17-23(22)32-18-19-12-8-7-9-13-19/h7-9,12-13,16-17H,3-6,10-11,14-15,18,26H2,1-2H3. The average molecular weight is 444 g/mol. The summed E-state index contributed by atoms with van der Waals surface area (Å²) in [6, 6.07) is 12.9. The van der Waals surface area contributed by atoms with E-state index in [1.54, 1.807) is 26.0 Å². The summed E-state index contributed by atoms with van der Waals surface area (Å²) in [5.74, 6) is 0.271. The summed E-state index contributed by atoms with van der Waals surface area (Å²) in [6.45, 7) is 5.02. The first-order chi connectivity index (χ1) is 15.5. The number of ether oxygens (including phenoxy) is 4. The Kier molecular flexibility index (Phi) is 10.9. The van der Waals surface area contributed by atoms with Crippen LogP contribution in [0.4, 0.5) is 5.69 Å². The molecule has 174 valence electrons. The van der Waals surface area contributed by atoms with Gasteiger partial charge in [-0.1, -0.05) is 43.2 Å². The van der Waals surface area contributed by atoms with Gasteiger partial charge in [0.2, 0.25) is 0 Å². The molecule has 32 heavy (non-hydrogen) atoms. The van der Waals surface area contributed by atoms with E-state index in [2.05, 4.69) is 0 Å². The maximum absolute atomic E-state index is 12.2. The molecule has 0 heterocycles. The van der Waals surface area contributed by atoms with Gasteiger partial charge >= 0.3 is 11.9 Å². The minimum absolute atomic E-state index is 0.155. The van der Waals surface area contributed by atoms with E-state index in [1.165, 1.54) is 0 Å². The van der Waals surface area contributed by atoms with Crippen LogP contribution in [0.3, 0.4) is 0 Å². The van der Waals surface area contributed by atoms with Crippen LogP contribution in [0, 0.1) is 0 Å². The summed E-state index contributed by atoms with van der Waals surface area (Å²) in [6.07, 6.45) is 3.86. The molecule has 2 aromatic rings. The van der Waals surface area contributed by atoms with E-state index in [0.717, 1.165) is 31.2 Å². The molecular weight excluding hydrogens is 410 g/mol. The summed E-state index contributed by atoms with van der Waals surface area (Å²) in [5, 5.41) is 0. The molecule has 2 aromatic carbocycles. The van der Waals surface area contributed by atoms with Gasteiger partial charge in [-0.2, -0.15) is 0 Å². The first-order valence-electron chi connectivity index (χ1n) is 11.1. The van der Waals surface area contributed by atoms with Crippen LogP contribution in [0.25, 0.3) is 0 Å². The highest BCUT2D eigenvalue weighted by atomic mass is 16.5. The molecule has 2 rings (SSSR count). The van der Waals surface area contributed by atoms with Gasteiger partial charge in [-0.15, -0.1) is 0 Å². The van der Waals surface area contributed by atoms with Crippen molar-refractivity contribution in [2.75, 3.05) is 25.6 Å². The zero-order valence-electron chi connectivity index (χ0n) is 18.9. The highest BCUT2D eigenvalue weighted by Crippen LogP contribution is 2.34. The smallest absolute Gasteiger partial charge is 0.340 e. The van der Waals surface area contributed by atoms with E-state index >= 15 is 0 Å². The van der Waals surface area contributed by atoms with Crippen molar-refractivity contribution >= 4 is 17.6 Å². The lowest BCUT2D eigenvalue weighted by Gasteiger charge is -2.16. The summed E-state index contributed by atoms with van der Waals surface area (Å²) in [7, 11) is 0. The van der Waals surface area contributed by atoms with Crippen molar-refractivity contribution in [3.8, 4) is 11.5 Å². The third kappa shape index (κ3) is 8.49. The van der Waals surface area contributed by atoms with Crippen molar-refractivity contribution in [2.24, 2.45) is 0 Å². The Morgan fingerprint density at radius 1 is 0.844 bits per heavy atom. The Labute approximate surface area is 189 Å². The normalized spacial score (nSPS) is 10.4. The minimum Gasteiger partial charge on any atom is -0.490 e. The number of rotatable bonds is 14. The van der Waals surface area contributed by atoms with Gasteiger partial charge in [0.1, 0.15) is 6.61 Å². The van der Waals surface area contributed by atoms with Crippen LogP contribution in [0.15, 0.2) is 42.5 Å². The first kappa shape index (κ1) is 25.0. The number of hydrogen-bond acceptors (Lipinski definition) is 7. The van der Waals surface area contributed by atoms with E-state index in [9.17, 15) is 9.59 Å². The zero-order valence-corrected chi connectivity index (χ0v) is 18.9. The topological polar surface area (TPSA) is 97.1 Å². The second-order valence-corrected chi connectivity index (χ2v) is 7.20. The maximum atomic E-state index is 12.2. The molecule has 2 N–H and O–H groups in total. The van der Waals surface area contributed by atoms with Crippen LogP contribution in [-0.4, -0.2) is 31.8 Å². The van der Waals surface area contributed by atoms with Crippen molar-refractivity contribution in [1.82, 2.24) is 0 Å². The monoisotopic (exact) mass is 443 g/mol. The number of carbonyl (C=O) groups excluding carboxylic acids is 2. The molecule has 0 aliphatic carbocycles. The molecule has 7 nitrogen and oxygen atoms in total. The number of unbranched alkanes of at least 4 members (excludes halogenated alkanes) is 3. The van der Waals surface area contributed by atoms with Crippen LogP contribution < -0.4 is 15.2 Å². The third-order valence-corrected chi connectivity index (χ3v) is 4.69. The van der Waals surface area contributed by atoms with Crippen molar-refractivity contribution in [3.05, 3.63) is 53.6 Å². The first-order valence-corrected chi connectivity index (χ1v) is 11.1. The molecule has 0 amide bonds. The van der Waals surface area contributed by atoms with E-state index in [0.29, 0.717) is 37.7 Å². The third-order valence-electron chi connectivity index (χ3n) is 4.69. The van der Waals surface area contributed by atoms with Gasteiger partial charge < -0.3 is 24.7 Å². The van der Waals surface area contributed by atoms with Gasteiger partial charge in [0.15, 0.2) is 11.5 Å². The van der Waals surface area contributed by atoms with Gasteiger partial charge in [-0.3, -0.25) is 4.79 Å². The van der Waals surface area contributed by atoms with Gasteiger partial charge in [-0.25, -0.2) is 4.79 Å². The Balaban J connectivity index is 1.96. The Morgan fingerprint density at radius 3 is 2.25 bits per heavy atom. The quantitative estimate of drug-likeness (QED) is 0.251. The van der Waals surface area contributed by atoms with E-state index in [4.69, 9.17) is 24.7 Å². The number of benzene rings is 2. The van der Waals surface area contributed by atoms with E-state index in [-0.39, 0.29) is 23.8 Å². The molecule has 0 radical (unpaired) electrons. The molecule has 0 fully saturated rings. The highest BCUT2D eigenvalue weighted by molar-refractivity contribution is 5.96. The number of anilines is 1. The maximum Gasteiger partial charge on any atom is 0.340 e. The van der Waals surface area contributed by atoms with Crippen LogP contribution >= 0.6 is 0 Å². The molecule has 0 unspecified atom stereocenters. The zero-order chi connectivity index (χ0) is 23.2. The fourth-order valence-corrected chi connectivity index (χ4v) is 3.06. The predicted molar refractivity (Wildman–Crippen MR) is 123 cm³/mol. The Bertz CT molecular complexity index is 853. The molecule has 0 aromatic heterocycles. The fourth-order valence-electron chi connectivity index (χ4n) is 3.06. The molecule has 0 saturated heterocycles. The Hall–Kier alpha value is -3.22.